The summed E-state index contributed by atoms with van der Waals surface area (Å²) < 4.78 is 71.2. The van der Waals surface area contributed by atoms with Crippen LogP contribution in [0.4, 0.5) is 18.9 Å². The number of sulfonamides is 1. The van der Waals surface area contributed by atoms with Crippen LogP contribution in [0, 0.1) is 0 Å². The van der Waals surface area contributed by atoms with Gasteiger partial charge in [0.05, 0.1) is 29.6 Å². The van der Waals surface area contributed by atoms with Gasteiger partial charge in [0.25, 0.3) is 0 Å². The molecule has 210 valence electrons. The summed E-state index contributed by atoms with van der Waals surface area (Å²) in [6, 6.07) is 7.73. The lowest BCUT2D eigenvalue weighted by Crippen LogP contribution is -2.53. The number of methoxy groups -OCH3 is 1. The first-order chi connectivity index (χ1) is 17.6. The average molecular weight is 578 g/mol. The first kappa shape index (κ1) is 31.2. The summed E-state index contributed by atoms with van der Waals surface area (Å²) in [4.78, 5) is 27.9. The molecule has 2 aromatic rings. The van der Waals surface area contributed by atoms with Gasteiger partial charge in [0, 0.05) is 12.6 Å². The minimum atomic E-state index is -4.77. The van der Waals surface area contributed by atoms with Gasteiger partial charge in [-0.2, -0.15) is 13.2 Å². The van der Waals surface area contributed by atoms with Crippen molar-refractivity contribution in [2.45, 2.75) is 52.0 Å². The van der Waals surface area contributed by atoms with Crippen LogP contribution in [-0.4, -0.2) is 57.1 Å². The molecule has 0 radical (unpaired) electrons. The number of nitrogens with zero attached hydrogens (tertiary/aromatic N) is 2. The van der Waals surface area contributed by atoms with E-state index in [2.05, 4.69) is 5.32 Å². The molecule has 2 aromatic carbocycles. The van der Waals surface area contributed by atoms with Crippen LogP contribution < -0.4 is 14.4 Å². The Labute approximate surface area is 225 Å². The average Bonchev–Trinajstić information content (AvgIpc) is 2.81. The minimum absolute atomic E-state index is 0.0893. The van der Waals surface area contributed by atoms with Crippen LogP contribution in [0.15, 0.2) is 42.5 Å². The number of nitrogens with one attached hydrogen (secondary N) is 1. The van der Waals surface area contributed by atoms with Crippen LogP contribution >= 0.6 is 11.6 Å². The molecule has 0 heterocycles. The number of amides is 2. The van der Waals surface area contributed by atoms with Crippen molar-refractivity contribution in [3.05, 3.63) is 58.6 Å². The topological polar surface area (TPSA) is 96.0 Å². The molecule has 2 amide bonds. The van der Waals surface area contributed by atoms with Crippen molar-refractivity contribution in [2.75, 3.05) is 24.2 Å². The molecule has 0 aliphatic rings. The standard InChI is InChI=1S/C25H31ClF3N3O5S/c1-6-21(24(34)30-16(2)3)31(14-17-8-7-9-19(12-17)37-4)23(33)15-32(38(5,35)36)22-13-18(25(27,28)29)10-11-20(22)26/h7-13,16,21H,6,14-15H2,1-5H3,(H,30,34)/t21-/m1/s1. The van der Waals surface area contributed by atoms with Crippen molar-refractivity contribution in [1.29, 1.82) is 0 Å². The predicted octanol–water partition coefficient (Wildman–Crippen LogP) is 4.47. The predicted molar refractivity (Wildman–Crippen MR) is 140 cm³/mol. The number of benzene rings is 2. The van der Waals surface area contributed by atoms with Gasteiger partial charge in [0.2, 0.25) is 21.8 Å². The molecule has 0 saturated heterocycles. The maximum Gasteiger partial charge on any atom is 0.416 e. The van der Waals surface area contributed by atoms with E-state index in [4.69, 9.17) is 16.3 Å². The smallest absolute Gasteiger partial charge is 0.416 e. The molecule has 38 heavy (non-hydrogen) atoms. The molecule has 0 bridgehead atoms. The first-order valence-corrected chi connectivity index (χ1v) is 13.9. The summed E-state index contributed by atoms with van der Waals surface area (Å²) in [5.41, 5.74) is -1.04. The normalized spacial score (nSPS) is 12.7. The molecule has 13 heteroatoms. The SMILES string of the molecule is CC[C@H](C(=O)NC(C)C)N(Cc1cccc(OC)c1)C(=O)CN(c1cc(C(F)(F)F)ccc1Cl)S(C)(=O)=O. The van der Waals surface area contributed by atoms with E-state index >= 15 is 0 Å². The highest BCUT2D eigenvalue weighted by molar-refractivity contribution is 7.92. The van der Waals surface area contributed by atoms with Gasteiger partial charge in [-0.05, 0) is 56.2 Å². The first-order valence-electron chi connectivity index (χ1n) is 11.7. The molecule has 0 aliphatic heterocycles. The number of carbonyl (C=O) groups excluding carboxylic acids is 2. The summed E-state index contributed by atoms with van der Waals surface area (Å²) in [6.45, 7) is 4.22. The lowest BCUT2D eigenvalue weighted by atomic mass is 10.1. The van der Waals surface area contributed by atoms with E-state index in [9.17, 15) is 31.2 Å². The fourth-order valence-electron chi connectivity index (χ4n) is 3.74. The summed E-state index contributed by atoms with van der Waals surface area (Å²) in [5.74, 6) is -0.762. The zero-order chi connectivity index (χ0) is 28.8. The highest BCUT2D eigenvalue weighted by Crippen LogP contribution is 2.36. The second-order valence-electron chi connectivity index (χ2n) is 8.89. The van der Waals surface area contributed by atoms with E-state index in [0.717, 1.165) is 12.3 Å². The Morgan fingerprint density at radius 2 is 1.79 bits per heavy atom. The maximum atomic E-state index is 13.7. The molecule has 0 saturated carbocycles. The third kappa shape index (κ3) is 8.26. The number of hydrogen-bond donors (Lipinski definition) is 1. The van der Waals surface area contributed by atoms with Crippen LogP contribution in [0.3, 0.4) is 0 Å². The number of carbonyl (C=O) groups is 2. The number of ether oxygens (including phenoxy) is 1. The number of halogens is 4. The van der Waals surface area contributed by atoms with Crippen molar-refractivity contribution < 1.29 is 35.9 Å². The Morgan fingerprint density at radius 3 is 2.32 bits per heavy atom. The molecule has 0 unspecified atom stereocenters. The van der Waals surface area contributed by atoms with E-state index in [-0.39, 0.29) is 24.0 Å². The Morgan fingerprint density at radius 1 is 1.13 bits per heavy atom. The third-order valence-electron chi connectivity index (χ3n) is 5.53. The highest BCUT2D eigenvalue weighted by Gasteiger charge is 2.35. The zero-order valence-corrected chi connectivity index (χ0v) is 23.2. The Hall–Kier alpha value is -2.99. The van der Waals surface area contributed by atoms with Gasteiger partial charge >= 0.3 is 6.18 Å². The molecule has 0 fully saturated rings. The van der Waals surface area contributed by atoms with Crippen LogP contribution in [0.25, 0.3) is 0 Å². The van der Waals surface area contributed by atoms with E-state index < -0.39 is 51.9 Å². The van der Waals surface area contributed by atoms with Crippen molar-refractivity contribution in [2.24, 2.45) is 0 Å². The second kappa shape index (κ2) is 12.7. The summed E-state index contributed by atoms with van der Waals surface area (Å²) in [7, 11) is -2.80. The van der Waals surface area contributed by atoms with Crippen LogP contribution in [-0.2, 0) is 32.3 Å². The quantitative estimate of drug-likeness (QED) is 0.425. The summed E-state index contributed by atoms with van der Waals surface area (Å²) >= 11 is 6.09. The molecule has 8 nitrogen and oxygen atoms in total. The minimum Gasteiger partial charge on any atom is -0.497 e. The van der Waals surface area contributed by atoms with Gasteiger partial charge in [0.15, 0.2) is 0 Å². The number of alkyl halides is 3. The largest absolute Gasteiger partial charge is 0.497 e. The molecule has 0 aliphatic carbocycles. The lowest BCUT2D eigenvalue weighted by molar-refractivity contribution is -0.140. The number of rotatable bonds is 11. The maximum absolute atomic E-state index is 13.7. The van der Waals surface area contributed by atoms with Gasteiger partial charge < -0.3 is 15.0 Å². The summed E-state index contributed by atoms with van der Waals surface area (Å²) in [6.07, 6.45) is -3.82. The number of hydrogen-bond acceptors (Lipinski definition) is 5. The zero-order valence-electron chi connectivity index (χ0n) is 21.7. The van der Waals surface area contributed by atoms with Crippen molar-refractivity contribution >= 4 is 39.1 Å². The Kier molecular flexibility index (Phi) is 10.4. The molecular formula is C25H31ClF3N3O5S. The second-order valence-corrected chi connectivity index (χ2v) is 11.2. The fraction of sp³-hybridized carbons (Fsp3) is 0.440. The fourth-order valence-corrected chi connectivity index (χ4v) is 4.87. The van der Waals surface area contributed by atoms with Gasteiger partial charge in [-0.15, -0.1) is 0 Å². The van der Waals surface area contributed by atoms with Crippen molar-refractivity contribution in [3.63, 3.8) is 0 Å². The van der Waals surface area contributed by atoms with Gasteiger partial charge in [-0.25, -0.2) is 8.42 Å². The molecule has 0 aromatic heterocycles. The highest BCUT2D eigenvalue weighted by atomic mass is 35.5. The van der Waals surface area contributed by atoms with Crippen LogP contribution in [0.1, 0.15) is 38.3 Å². The third-order valence-corrected chi connectivity index (χ3v) is 6.97. The number of anilines is 1. The van der Waals surface area contributed by atoms with Gasteiger partial charge in [-0.3, -0.25) is 13.9 Å². The lowest BCUT2D eigenvalue weighted by Gasteiger charge is -2.33. The van der Waals surface area contributed by atoms with E-state index in [1.54, 1.807) is 45.0 Å². The van der Waals surface area contributed by atoms with Crippen LogP contribution in [0.5, 0.6) is 5.75 Å². The molecule has 0 spiro atoms. The molecular weight excluding hydrogens is 547 g/mol. The van der Waals surface area contributed by atoms with Crippen molar-refractivity contribution in [1.82, 2.24) is 10.2 Å². The monoisotopic (exact) mass is 577 g/mol. The molecule has 2 rings (SSSR count). The Balaban J connectivity index is 2.56. The molecule has 1 N–H and O–H groups in total. The van der Waals surface area contributed by atoms with Crippen LogP contribution in [0.2, 0.25) is 5.02 Å². The van der Waals surface area contributed by atoms with E-state index in [1.165, 1.54) is 12.0 Å². The summed E-state index contributed by atoms with van der Waals surface area (Å²) in [5, 5.41) is 2.46. The van der Waals surface area contributed by atoms with Crippen molar-refractivity contribution in [3.8, 4) is 5.75 Å². The molecule has 1 atom stereocenters. The van der Waals surface area contributed by atoms with E-state index in [0.29, 0.717) is 27.8 Å². The van der Waals surface area contributed by atoms with Gasteiger partial charge in [-0.1, -0.05) is 30.7 Å². The van der Waals surface area contributed by atoms with E-state index in [1.807, 2.05) is 0 Å². The Bertz CT molecular complexity index is 1260. The van der Waals surface area contributed by atoms with Gasteiger partial charge in [0.1, 0.15) is 18.3 Å².